The monoisotopic (exact) mass is 272 g/mol. The van der Waals surface area contributed by atoms with Crippen LogP contribution in [0.4, 0.5) is 5.69 Å². The van der Waals surface area contributed by atoms with Gasteiger partial charge in [-0.1, -0.05) is 32.0 Å². The highest BCUT2D eigenvalue weighted by atomic mass is 15.2. The van der Waals surface area contributed by atoms with E-state index in [1.54, 1.807) is 0 Å². The van der Waals surface area contributed by atoms with Crippen molar-refractivity contribution in [2.45, 2.75) is 51.6 Å². The van der Waals surface area contributed by atoms with E-state index in [0.29, 0.717) is 6.04 Å². The minimum Gasteiger partial charge on any atom is -0.368 e. The molecule has 3 atom stereocenters. The van der Waals surface area contributed by atoms with Crippen molar-refractivity contribution < 1.29 is 0 Å². The number of benzene rings is 1. The average molecular weight is 272 g/mol. The Bertz CT molecular complexity index is 446. The summed E-state index contributed by atoms with van der Waals surface area (Å²) < 4.78 is 0. The van der Waals surface area contributed by atoms with Crippen molar-refractivity contribution in [2.75, 3.05) is 18.5 Å². The third-order valence-electron chi connectivity index (χ3n) is 5.22. The van der Waals surface area contributed by atoms with Crippen LogP contribution in [0.5, 0.6) is 0 Å². The number of fused-ring (bicyclic) bond motifs is 1. The van der Waals surface area contributed by atoms with Gasteiger partial charge in [0.25, 0.3) is 0 Å². The smallest absolute Gasteiger partial charge is 0.0417 e. The molecule has 0 bridgehead atoms. The van der Waals surface area contributed by atoms with Gasteiger partial charge < -0.3 is 10.2 Å². The van der Waals surface area contributed by atoms with E-state index in [1.165, 1.54) is 43.5 Å². The van der Waals surface area contributed by atoms with Crippen LogP contribution in [-0.2, 0) is 0 Å². The highest BCUT2D eigenvalue weighted by Crippen LogP contribution is 2.39. The van der Waals surface area contributed by atoms with Crippen LogP contribution in [0.2, 0.25) is 0 Å². The van der Waals surface area contributed by atoms with Crippen LogP contribution in [0.3, 0.4) is 0 Å². The largest absolute Gasteiger partial charge is 0.368 e. The van der Waals surface area contributed by atoms with Gasteiger partial charge in [0.05, 0.1) is 0 Å². The molecule has 1 aromatic rings. The molecular formula is C18H28N2. The van der Waals surface area contributed by atoms with Crippen LogP contribution < -0.4 is 10.2 Å². The highest BCUT2D eigenvalue weighted by molar-refractivity contribution is 5.57. The standard InChI is InChI=1S/C18H28N2/c1-13-10-14(2)12-15(11-13)20-9-8-17(19-3)16-6-4-5-7-18(16)20/h4-7,13-15,17,19H,8-12H2,1-3H3. The normalized spacial score (nSPS) is 33.9. The van der Waals surface area contributed by atoms with E-state index < -0.39 is 0 Å². The lowest BCUT2D eigenvalue weighted by atomic mass is 9.79. The van der Waals surface area contributed by atoms with E-state index in [4.69, 9.17) is 0 Å². The van der Waals surface area contributed by atoms with Crippen LogP contribution in [-0.4, -0.2) is 19.6 Å². The fraction of sp³-hybridized carbons (Fsp3) is 0.667. The van der Waals surface area contributed by atoms with E-state index in [0.717, 1.165) is 17.9 Å². The van der Waals surface area contributed by atoms with Gasteiger partial charge in [-0.05, 0) is 56.2 Å². The lowest BCUT2D eigenvalue weighted by Gasteiger charge is -2.44. The molecule has 2 heteroatoms. The van der Waals surface area contributed by atoms with E-state index in [2.05, 4.69) is 55.4 Å². The molecule has 1 N–H and O–H groups in total. The molecule has 1 aromatic carbocycles. The zero-order valence-electron chi connectivity index (χ0n) is 13.1. The maximum Gasteiger partial charge on any atom is 0.0417 e. The number of hydrogen-bond acceptors (Lipinski definition) is 2. The average Bonchev–Trinajstić information content (AvgIpc) is 2.45. The highest BCUT2D eigenvalue weighted by Gasteiger charge is 2.32. The van der Waals surface area contributed by atoms with Crippen LogP contribution >= 0.6 is 0 Å². The second-order valence-electron chi connectivity index (χ2n) is 6.95. The molecule has 2 nitrogen and oxygen atoms in total. The predicted molar refractivity (Wildman–Crippen MR) is 86.2 cm³/mol. The molecule has 0 amide bonds. The van der Waals surface area contributed by atoms with Gasteiger partial charge in [-0.3, -0.25) is 0 Å². The maximum atomic E-state index is 3.47. The van der Waals surface area contributed by atoms with E-state index >= 15 is 0 Å². The van der Waals surface area contributed by atoms with Gasteiger partial charge in [-0.25, -0.2) is 0 Å². The van der Waals surface area contributed by atoms with Gasteiger partial charge in [0.1, 0.15) is 0 Å². The van der Waals surface area contributed by atoms with E-state index in [1.807, 2.05) is 0 Å². The van der Waals surface area contributed by atoms with Gasteiger partial charge in [0.15, 0.2) is 0 Å². The molecule has 1 aliphatic heterocycles. The molecule has 0 radical (unpaired) electrons. The summed E-state index contributed by atoms with van der Waals surface area (Å²) in [6.45, 7) is 6.05. The molecule has 1 fully saturated rings. The van der Waals surface area contributed by atoms with Gasteiger partial charge in [0, 0.05) is 24.3 Å². The lowest BCUT2D eigenvalue weighted by molar-refractivity contribution is 0.255. The number of rotatable bonds is 2. The first kappa shape index (κ1) is 13.9. The summed E-state index contributed by atoms with van der Waals surface area (Å²) in [4.78, 5) is 2.70. The summed E-state index contributed by atoms with van der Waals surface area (Å²) in [5.41, 5.74) is 2.97. The Hall–Kier alpha value is -1.02. The lowest BCUT2D eigenvalue weighted by Crippen LogP contribution is -2.45. The third-order valence-corrected chi connectivity index (χ3v) is 5.22. The summed E-state index contributed by atoms with van der Waals surface area (Å²) in [7, 11) is 2.09. The topological polar surface area (TPSA) is 15.3 Å². The Morgan fingerprint density at radius 2 is 1.75 bits per heavy atom. The molecule has 0 saturated heterocycles. The number of hydrogen-bond donors (Lipinski definition) is 1. The summed E-state index contributed by atoms with van der Waals surface area (Å²) in [5.74, 6) is 1.75. The molecular weight excluding hydrogens is 244 g/mol. The zero-order chi connectivity index (χ0) is 14.1. The van der Waals surface area contributed by atoms with Crippen molar-refractivity contribution in [1.82, 2.24) is 5.32 Å². The molecule has 2 aliphatic rings. The van der Waals surface area contributed by atoms with Crippen LogP contribution in [0.25, 0.3) is 0 Å². The molecule has 1 aliphatic carbocycles. The van der Waals surface area contributed by atoms with Gasteiger partial charge in [0.2, 0.25) is 0 Å². The number of para-hydroxylation sites is 1. The van der Waals surface area contributed by atoms with Crippen molar-refractivity contribution >= 4 is 5.69 Å². The second-order valence-corrected chi connectivity index (χ2v) is 6.95. The summed E-state index contributed by atoms with van der Waals surface area (Å²) in [6, 6.07) is 10.3. The van der Waals surface area contributed by atoms with Crippen molar-refractivity contribution in [1.29, 1.82) is 0 Å². The SMILES string of the molecule is CNC1CCN(C2CC(C)CC(C)C2)c2ccccc21. The van der Waals surface area contributed by atoms with Crippen LogP contribution in [0.1, 0.15) is 51.1 Å². The predicted octanol–water partition coefficient (Wildman–Crippen LogP) is 3.98. The van der Waals surface area contributed by atoms with Crippen molar-refractivity contribution in [3.8, 4) is 0 Å². The second kappa shape index (κ2) is 5.77. The van der Waals surface area contributed by atoms with Crippen molar-refractivity contribution in [2.24, 2.45) is 11.8 Å². The Morgan fingerprint density at radius 3 is 2.45 bits per heavy atom. The fourth-order valence-corrected chi connectivity index (χ4v) is 4.43. The van der Waals surface area contributed by atoms with Crippen molar-refractivity contribution in [3.63, 3.8) is 0 Å². The maximum absolute atomic E-state index is 3.47. The Kier molecular flexibility index (Phi) is 4.02. The fourth-order valence-electron chi connectivity index (χ4n) is 4.43. The molecule has 110 valence electrons. The summed E-state index contributed by atoms with van der Waals surface area (Å²) in [5, 5.41) is 3.47. The number of nitrogens with zero attached hydrogens (tertiary/aromatic N) is 1. The summed E-state index contributed by atoms with van der Waals surface area (Å²) in [6.07, 6.45) is 5.36. The number of nitrogens with one attached hydrogen (secondary N) is 1. The zero-order valence-corrected chi connectivity index (χ0v) is 13.1. The van der Waals surface area contributed by atoms with Crippen LogP contribution in [0, 0.1) is 11.8 Å². The molecule has 1 saturated carbocycles. The van der Waals surface area contributed by atoms with Crippen LogP contribution in [0.15, 0.2) is 24.3 Å². The molecule has 0 spiro atoms. The third kappa shape index (κ3) is 2.58. The molecule has 0 aromatic heterocycles. The molecule has 20 heavy (non-hydrogen) atoms. The van der Waals surface area contributed by atoms with Gasteiger partial charge in [-0.2, -0.15) is 0 Å². The molecule has 1 heterocycles. The molecule has 3 rings (SSSR count). The number of anilines is 1. The van der Waals surface area contributed by atoms with E-state index in [9.17, 15) is 0 Å². The Morgan fingerprint density at radius 1 is 1.05 bits per heavy atom. The Labute approximate surface area is 123 Å². The minimum absolute atomic E-state index is 0.529. The quantitative estimate of drug-likeness (QED) is 0.876. The Balaban J connectivity index is 1.87. The first-order valence-corrected chi connectivity index (χ1v) is 8.22. The van der Waals surface area contributed by atoms with Crippen molar-refractivity contribution in [3.05, 3.63) is 29.8 Å². The first-order valence-electron chi connectivity index (χ1n) is 8.22. The molecule has 3 unspecified atom stereocenters. The minimum atomic E-state index is 0.529. The van der Waals surface area contributed by atoms with Gasteiger partial charge in [-0.15, -0.1) is 0 Å². The first-order chi connectivity index (χ1) is 9.69. The van der Waals surface area contributed by atoms with Gasteiger partial charge >= 0.3 is 0 Å². The van der Waals surface area contributed by atoms with E-state index in [-0.39, 0.29) is 0 Å². The summed E-state index contributed by atoms with van der Waals surface area (Å²) >= 11 is 0.